The summed E-state index contributed by atoms with van der Waals surface area (Å²) in [7, 11) is 1.48. The van der Waals surface area contributed by atoms with Crippen molar-refractivity contribution in [3.8, 4) is 17.0 Å². The number of halogens is 1. The van der Waals surface area contributed by atoms with E-state index in [1.807, 2.05) is 25.1 Å². The molecule has 0 fully saturated rings. The van der Waals surface area contributed by atoms with Gasteiger partial charge in [-0.25, -0.2) is 9.78 Å². The number of hydrogen-bond donors (Lipinski definition) is 1. The Balaban J connectivity index is 1.96. The minimum absolute atomic E-state index is 0.130. The number of pyridine rings is 1. The second-order valence-electron chi connectivity index (χ2n) is 6.54. The van der Waals surface area contributed by atoms with Crippen LogP contribution in [0.1, 0.15) is 17.4 Å². The van der Waals surface area contributed by atoms with Crippen LogP contribution in [-0.2, 0) is 11.4 Å². The zero-order valence-electron chi connectivity index (χ0n) is 16.2. The van der Waals surface area contributed by atoms with Crippen LogP contribution in [0.15, 0.2) is 64.8 Å². The van der Waals surface area contributed by atoms with E-state index in [0.717, 1.165) is 10.4 Å². The van der Waals surface area contributed by atoms with E-state index in [4.69, 9.17) is 16.4 Å². The number of benzene rings is 1. The Labute approximate surface area is 181 Å². The number of rotatable bonds is 5. The molecule has 0 aliphatic carbocycles. The molecular weight excluding hydrogens is 424 g/mol. The topological polar surface area (TPSA) is 80.1 Å². The average molecular weight is 442 g/mol. The molecule has 1 aromatic carbocycles. The van der Waals surface area contributed by atoms with Gasteiger partial charge in [-0.2, -0.15) is 8.97 Å². The number of aromatic hydroxyl groups is 1. The van der Waals surface area contributed by atoms with Gasteiger partial charge in [0.15, 0.2) is 10.0 Å². The number of hydrogen-bond acceptors (Lipinski definition) is 6. The van der Waals surface area contributed by atoms with Crippen LogP contribution in [0.2, 0.25) is 4.47 Å². The molecule has 1 N–H and O–H groups in total. The third-order valence-corrected chi connectivity index (χ3v) is 5.76. The molecule has 0 atom stereocenters. The van der Waals surface area contributed by atoms with Crippen molar-refractivity contribution in [2.75, 3.05) is 7.11 Å². The number of oxime groups is 1. The van der Waals surface area contributed by atoms with E-state index in [2.05, 4.69) is 10.1 Å². The lowest BCUT2D eigenvalue weighted by Crippen LogP contribution is -2.41. The summed E-state index contributed by atoms with van der Waals surface area (Å²) >= 11 is 7.29. The van der Waals surface area contributed by atoms with E-state index in [1.54, 1.807) is 41.2 Å². The zero-order valence-corrected chi connectivity index (χ0v) is 17.8. The van der Waals surface area contributed by atoms with E-state index in [9.17, 15) is 9.90 Å². The van der Waals surface area contributed by atoms with Gasteiger partial charge in [0.1, 0.15) is 13.7 Å². The number of aromatic nitrogens is 3. The average Bonchev–Trinajstić information content (AvgIpc) is 3.16. The summed E-state index contributed by atoms with van der Waals surface area (Å²) in [5.74, 6) is -0.130. The summed E-state index contributed by atoms with van der Waals surface area (Å²) in [5, 5.41) is 15.1. The first-order valence-corrected chi connectivity index (χ1v) is 10.2. The van der Waals surface area contributed by atoms with Crippen molar-refractivity contribution in [2.45, 2.75) is 13.5 Å². The van der Waals surface area contributed by atoms with Crippen LogP contribution in [0.25, 0.3) is 16.8 Å². The molecule has 3 aromatic heterocycles. The van der Waals surface area contributed by atoms with Gasteiger partial charge in [-0.3, -0.25) is 0 Å². The van der Waals surface area contributed by atoms with Gasteiger partial charge in [0, 0.05) is 12.3 Å². The molecule has 3 heterocycles. The van der Waals surface area contributed by atoms with Crippen molar-refractivity contribution in [2.24, 2.45) is 5.16 Å². The largest absolute Gasteiger partial charge is 0.477 e. The summed E-state index contributed by atoms with van der Waals surface area (Å²) in [5.41, 5.74) is 2.46. The van der Waals surface area contributed by atoms with E-state index >= 15 is 0 Å². The standard InChI is InChI=1S/C21H17ClN4O3S/c1-13(24-29-2)14-6-5-7-15(10-14)18-19(27)25-9-4-3-8-17(25)26(20(18)28)12-16-11-23-21(22)30-16/h3-11H,12H2,1-2H3/p+1/b24-13+. The Bertz CT molecular complexity index is 1330. The van der Waals surface area contributed by atoms with E-state index < -0.39 is 0 Å². The van der Waals surface area contributed by atoms with Gasteiger partial charge in [-0.15, -0.1) is 11.3 Å². The van der Waals surface area contributed by atoms with Crippen LogP contribution in [0, 0.1) is 0 Å². The predicted octanol–water partition coefficient (Wildman–Crippen LogP) is 3.49. The molecule has 7 nitrogen and oxygen atoms in total. The molecule has 0 aliphatic rings. The summed E-state index contributed by atoms with van der Waals surface area (Å²) in [6.45, 7) is 2.13. The third-order valence-electron chi connectivity index (χ3n) is 4.66. The fraction of sp³-hybridized carbons (Fsp3) is 0.143. The summed E-state index contributed by atoms with van der Waals surface area (Å²) in [6, 6.07) is 12.6. The third kappa shape index (κ3) is 3.67. The van der Waals surface area contributed by atoms with E-state index in [-0.39, 0.29) is 17.0 Å². The highest BCUT2D eigenvalue weighted by atomic mass is 35.5. The molecule has 0 amide bonds. The van der Waals surface area contributed by atoms with Gasteiger partial charge in [0.25, 0.3) is 11.5 Å². The predicted molar refractivity (Wildman–Crippen MR) is 116 cm³/mol. The maximum absolute atomic E-state index is 13.3. The van der Waals surface area contributed by atoms with Crippen molar-refractivity contribution in [3.05, 3.63) is 80.1 Å². The maximum Gasteiger partial charge on any atom is 0.354 e. The Morgan fingerprint density at radius 1 is 1.33 bits per heavy atom. The van der Waals surface area contributed by atoms with Crippen LogP contribution < -0.4 is 10.1 Å². The second-order valence-corrected chi connectivity index (χ2v) is 8.24. The van der Waals surface area contributed by atoms with Gasteiger partial charge < -0.3 is 9.94 Å². The smallest absolute Gasteiger partial charge is 0.354 e. The summed E-state index contributed by atoms with van der Waals surface area (Å²) in [4.78, 5) is 23.0. The normalized spacial score (nSPS) is 11.8. The van der Waals surface area contributed by atoms with Gasteiger partial charge in [0.2, 0.25) is 0 Å². The number of fused-ring (bicyclic) bond motifs is 1. The first kappa shape index (κ1) is 20.1. The molecule has 0 radical (unpaired) electrons. The van der Waals surface area contributed by atoms with Crippen LogP contribution in [0.3, 0.4) is 0 Å². The molecule has 9 heteroatoms. The maximum atomic E-state index is 13.3. The second kappa shape index (κ2) is 8.25. The molecule has 0 unspecified atom stereocenters. The highest BCUT2D eigenvalue weighted by molar-refractivity contribution is 7.15. The molecule has 152 valence electrons. The van der Waals surface area contributed by atoms with Crippen LogP contribution in [0.4, 0.5) is 0 Å². The Morgan fingerprint density at radius 2 is 2.17 bits per heavy atom. The van der Waals surface area contributed by atoms with Crippen molar-refractivity contribution >= 4 is 34.3 Å². The fourth-order valence-electron chi connectivity index (χ4n) is 3.30. The van der Waals surface area contributed by atoms with Gasteiger partial charge in [-0.1, -0.05) is 41.0 Å². The van der Waals surface area contributed by atoms with Crippen LogP contribution in [0.5, 0.6) is 5.88 Å². The molecule has 0 saturated carbocycles. The van der Waals surface area contributed by atoms with E-state index in [0.29, 0.717) is 27.9 Å². The van der Waals surface area contributed by atoms with Crippen molar-refractivity contribution in [1.29, 1.82) is 0 Å². The summed E-state index contributed by atoms with van der Waals surface area (Å²) in [6.07, 6.45) is 3.34. The fourth-order valence-corrected chi connectivity index (χ4v) is 4.26. The first-order valence-electron chi connectivity index (χ1n) is 9.04. The lowest BCUT2D eigenvalue weighted by Gasteiger charge is -2.10. The van der Waals surface area contributed by atoms with Gasteiger partial charge in [0.05, 0.1) is 16.8 Å². The SMILES string of the molecule is CO/N=C(\C)c1cccc(-c2c(O)[n+](Cc3cnc(Cl)s3)c3ccccn3c2=O)c1. The quantitative estimate of drug-likeness (QED) is 0.292. The molecule has 30 heavy (non-hydrogen) atoms. The Morgan fingerprint density at radius 3 is 2.90 bits per heavy atom. The van der Waals surface area contributed by atoms with Crippen molar-refractivity contribution < 1.29 is 14.5 Å². The Hall–Kier alpha value is -3.23. The van der Waals surface area contributed by atoms with Gasteiger partial charge in [-0.05, 0) is 30.2 Å². The van der Waals surface area contributed by atoms with Crippen molar-refractivity contribution in [3.63, 3.8) is 0 Å². The van der Waals surface area contributed by atoms with Crippen molar-refractivity contribution in [1.82, 2.24) is 9.38 Å². The number of nitrogens with zero attached hydrogens (tertiary/aromatic N) is 4. The molecule has 0 aliphatic heterocycles. The number of thiazole rings is 1. The molecule has 0 bridgehead atoms. The molecule has 0 spiro atoms. The van der Waals surface area contributed by atoms with E-state index in [1.165, 1.54) is 22.8 Å². The minimum Gasteiger partial charge on any atom is -0.477 e. The molecular formula is C21H18ClN4O3S+. The highest BCUT2D eigenvalue weighted by Crippen LogP contribution is 2.26. The van der Waals surface area contributed by atoms with Gasteiger partial charge >= 0.3 is 5.56 Å². The lowest BCUT2D eigenvalue weighted by molar-refractivity contribution is -0.671. The molecule has 4 rings (SSSR count). The zero-order chi connectivity index (χ0) is 21.3. The Kier molecular flexibility index (Phi) is 5.52. The molecule has 4 aromatic rings. The lowest BCUT2D eigenvalue weighted by atomic mass is 10.0. The first-order chi connectivity index (χ1) is 14.5. The van der Waals surface area contributed by atoms with Crippen LogP contribution >= 0.6 is 22.9 Å². The monoisotopic (exact) mass is 441 g/mol. The minimum atomic E-state index is -0.319. The molecule has 0 saturated heterocycles. The summed E-state index contributed by atoms with van der Waals surface area (Å²) < 4.78 is 3.60. The van der Waals surface area contributed by atoms with Crippen LogP contribution in [-0.4, -0.2) is 27.3 Å². The highest BCUT2D eigenvalue weighted by Gasteiger charge is 2.25.